The van der Waals surface area contributed by atoms with Crippen LogP contribution in [-0.2, 0) is 9.53 Å². The molecular formula is C21H19NO5S. The highest BCUT2D eigenvalue weighted by Gasteiger charge is 2.15. The molecule has 0 bridgehead atoms. The van der Waals surface area contributed by atoms with Crippen LogP contribution < -0.4 is 10.7 Å². The van der Waals surface area contributed by atoms with Crippen molar-refractivity contribution < 1.29 is 18.7 Å². The summed E-state index contributed by atoms with van der Waals surface area (Å²) in [5, 5.41) is 3.07. The first-order valence-electron chi connectivity index (χ1n) is 8.78. The molecular weight excluding hydrogens is 378 g/mol. The second-order valence-electron chi connectivity index (χ2n) is 5.91. The molecule has 0 unspecified atom stereocenters. The predicted octanol–water partition coefficient (Wildman–Crippen LogP) is 3.25. The van der Waals surface area contributed by atoms with E-state index in [2.05, 4.69) is 5.32 Å². The largest absolute Gasteiger partial charge is 0.450 e. The highest BCUT2D eigenvalue weighted by molar-refractivity contribution is 7.99. The van der Waals surface area contributed by atoms with Crippen LogP contribution in [0.5, 0.6) is 0 Å². The van der Waals surface area contributed by atoms with Crippen molar-refractivity contribution in [2.75, 3.05) is 18.9 Å². The number of esters is 1. The van der Waals surface area contributed by atoms with Gasteiger partial charge in [0.1, 0.15) is 5.58 Å². The maximum atomic E-state index is 12.0. The minimum atomic E-state index is -0.849. The van der Waals surface area contributed by atoms with E-state index in [0.717, 1.165) is 18.2 Å². The Bertz CT molecular complexity index is 1020. The van der Waals surface area contributed by atoms with Gasteiger partial charge in [-0.05, 0) is 36.4 Å². The van der Waals surface area contributed by atoms with Gasteiger partial charge in [0.15, 0.2) is 12.0 Å². The lowest BCUT2D eigenvalue weighted by molar-refractivity contribution is -0.124. The van der Waals surface area contributed by atoms with Crippen LogP contribution >= 0.6 is 11.8 Å². The zero-order valence-electron chi connectivity index (χ0n) is 15.1. The minimum absolute atomic E-state index is 0.226. The summed E-state index contributed by atoms with van der Waals surface area (Å²) in [6.45, 7) is 0.0580. The average molecular weight is 397 g/mol. The summed E-state index contributed by atoms with van der Waals surface area (Å²) in [6, 6.07) is 17.7. The second kappa shape index (κ2) is 9.75. The zero-order chi connectivity index (χ0) is 19.8. The lowest BCUT2D eigenvalue weighted by Crippen LogP contribution is -2.30. The van der Waals surface area contributed by atoms with Gasteiger partial charge in [-0.2, -0.15) is 0 Å². The highest BCUT2D eigenvalue weighted by atomic mass is 32.2. The Hall–Kier alpha value is -3.06. The van der Waals surface area contributed by atoms with Gasteiger partial charge in [-0.25, -0.2) is 4.79 Å². The van der Waals surface area contributed by atoms with E-state index in [0.29, 0.717) is 17.5 Å². The third-order valence-electron chi connectivity index (χ3n) is 3.83. The number of nitrogens with one attached hydrogen (secondary N) is 1. The maximum absolute atomic E-state index is 12.0. The topological polar surface area (TPSA) is 85.6 Å². The number of thioether (sulfide) groups is 1. The van der Waals surface area contributed by atoms with E-state index in [1.165, 1.54) is 4.90 Å². The van der Waals surface area contributed by atoms with E-state index in [9.17, 15) is 14.4 Å². The molecule has 1 heterocycles. The van der Waals surface area contributed by atoms with Gasteiger partial charge in [-0.3, -0.25) is 9.59 Å². The average Bonchev–Trinajstić information content (AvgIpc) is 2.72. The summed E-state index contributed by atoms with van der Waals surface area (Å²) in [7, 11) is 0. The highest BCUT2D eigenvalue weighted by Crippen LogP contribution is 2.17. The molecule has 2 aromatic carbocycles. The summed E-state index contributed by atoms with van der Waals surface area (Å²) in [5.41, 5.74) is -0.0449. The number of hydrogen-bond acceptors (Lipinski definition) is 6. The Kier molecular flexibility index (Phi) is 6.86. The molecule has 6 nitrogen and oxygen atoms in total. The first kappa shape index (κ1) is 19.7. The van der Waals surface area contributed by atoms with Crippen LogP contribution in [0.15, 0.2) is 74.8 Å². The number of rotatable bonds is 8. The summed E-state index contributed by atoms with van der Waals surface area (Å²) in [4.78, 5) is 37.0. The molecule has 0 aliphatic carbocycles. The Balaban J connectivity index is 1.40. The molecule has 0 atom stereocenters. The number of carbonyl (C=O) groups is 2. The molecule has 1 amide bonds. The molecule has 0 spiro atoms. The van der Waals surface area contributed by atoms with Crippen molar-refractivity contribution in [2.45, 2.75) is 11.3 Å². The third-order valence-corrected chi connectivity index (χ3v) is 4.92. The molecule has 0 fully saturated rings. The molecule has 0 saturated carbocycles. The third kappa shape index (κ3) is 5.47. The van der Waals surface area contributed by atoms with Crippen molar-refractivity contribution >= 4 is 34.6 Å². The van der Waals surface area contributed by atoms with E-state index in [-0.39, 0.29) is 11.2 Å². The fraction of sp³-hybridized carbons (Fsp3) is 0.190. The number of carbonyl (C=O) groups excluding carboxylic acids is 2. The standard InChI is InChI=1S/C21H19NO5S/c23-17-13-19(27-18-10-5-4-9-16(17)18)21(25)26-14-20(24)22-11-6-12-28-15-7-2-1-3-8-15/h1-5,7-10,13H,6,11-12,14H2,(H,22,24). The molecule has 7 heteroatoms. The van der Waals surface area contributed by atoms with Crippen LogP contribution in [0, 0.1) is 0 Å². The Morgan fingerprint density at radius 3 is 2.61 bits per heavy atom. The van der Waals surface area contributed by atoms with Crippen LogP contribution in [0.2, 0.25) is 0 Å². The second-order valence-corrected chi connectivity index (χ2v) is 7.08. The minimum Gasteiger partial charge on any atom is -0.450 e. The van der Waals surface area contributed by atoms with Crippen molar-refractivity contribution in [3.8, 4) is 0 Å². The molecule has 3 rings (SSSR count). The van der Waals surface area contributed by atoms with Crippen LogP contribution in [-0.4, -0.2) is 30.8 Å². The number of hydrogen-bond donors (Lipinski definition) is 1. The fourth-order valence-electron chi connectivity index (χ4n) is 2.46. The monoisotopic (exact) mass is 397 g/mol. The van der Waals surface area contributed by atoms with Crippen LogP contribution in [0.3, 0.4) is 0 Å². The fourth-order valence-corrected chi connectivity index (χ4v) is 3.34. The Labute approximate surface area is 165 Å². The molecule has 0 aliphatic heterocycles. The van der Waals surface area contributed by atoms with Gasteiger partial charge in [0, 0.05) is 17.5 Å². The summed E-state index contributed by atoms with van der Waals surface area (Å²) in [6.07, 6.45) is 0.790. The van der Waals surface area contributed by atoms with Gasteiger partial charge in [0.2, 0.25) is 5.76 Å². The van der Waals surface area contributed by atoms with Gasteiger partial charge in [-0.1, -0.05) is 30.3 Å². The number of benzene rings is 2. The maximum Gasteiger partial charge on any atom is 0.374 e. The van der Waals surface area contributed by atoms with E-state index >= 15 is 0 Å². The summed E-state index contributed by atoms with van der Waals surface area (Å²) >= 11 is 1.71. The van der Waals surface area contributed by atoms with Gasteiger partial charge >= 0.3 is 5.97 Å². The summed E-state index contributed by atoms with van der Waals surface area (Å²) in [5.74, 6) is -0.610. The van der Waals surface area contributed by atoms with E-state index in [1.807, 2.05) is 30.3 Å². The van der Waals surface area contributed by atoms with Crippen molar-refractivity contribution in [3.63, 3.8) is 0 Å². The van der Waals surface area contributed by atoms with Crippen molar-refractivity contribution in [1.29, 1.82) is 0 Å². The number of para-hydroxylation sites is 1. The van der Waals surface area contributed by atoms with Gasteiger partial charge in [-0.15, -0.1) is 11.8 Å². The number of fused-ring (bicyclic) bond motifs is 1. The number of amides is 1. The van der Waals surface area contributed by atoms with E-state index in [4.69, 9.17) is 9.15 Å². The quantitative estimate of drug-likeness (QED) is 0.357. The lowest BCUT2D eigenvalue weighted by atomic mass is 10.2. The van der Waals surface area contributed by atoms with Crippen LogP contribution in [0.1, 0.15) is 17.0 Å². The first-order valence-corrected chi connectivity index (χ1v) is 9.76. The molecule has 3 aromatic rings. The van der Waals surface area contributed by atoms with Crippen molar-refractivity contribution in [3.05, 3.63) is 76.6 Å². The first-order chi connectivity index (χ1) is 13.6. The normalized spacial score (nSPS) is 10.6. The van der Waals surface area contributed by atoms with Gasteiger partial charge in [0.05, 0.1) is 5.39 Å². The predicted molar refractivity (Wildman–Crippen MR) is 108 cm³/mol. The van der Waals surface area contributed by atoms with E-state index < -0.39 is 18.5 Å². The SMILES string of the molecule is O=C(COC(=O)c1cc(=O)c2ccccc2o1)NCCCSc1ccccc1. The van der Waals surface area contributed by atoms with E-state index in [1.54, 1.807) is 36.0 Å². The molecule has 1 aromatic heterocycles. The smallest absolute Gasteiger partial charge is 0.374 e. The molecule has 1 N–H and O–H groups in total. The summed E-state index contributed by atoms with van der Waals surface area (Å²) < 4.78 is 10.3. The van der Waals surface area contributed by atoms with Gasteiger partial charge in [0.25, 0.3) is 5.91 Å². The number of ether oxygens (including phenoxy) is 1. The molecule has 0 saturated heterocycles. The molecule has 28 heavy (non-hydrogen) atoms. The van der Waals surface area contributed by atoms with Crippen LogP contribution in [0.25, 0.3) is 11.0 Å². The van der Waals surface area contributed by atoms with Crippen molar-refractivity contribution in [1.82, 2.24) is 5.32 Å². The molecule has 0 aliphatic rings. The molecule has 0 radical (unpaired) electrons. The molecule has 144 valence electrons. The van der Waals surface area contributed by atoms with Crippen LogP contribution in [0.4, 0.5) is 0 Å². The Morgan fingerprint density at radius 2 is 1.79 bits per heavy atom. The Morgan fingerprint density at radius 1 is 1.04 bits per heavy atom. The van der Waals surface area contributed by atoms with Crippen molar-refractivity contribution in [2.24, 2.45) is 0 Å². The lowest BCUT2D eigenvalue weighted by Gasteiger charge is -2.07. The van der Waals surface area contributed by atoms with Gasteiger partial charge < -0.3 is 14.5 Å². The zero-order valence-corrected chi connectivity index (χ0v) is 15.9.